The average Bonchev–Trinajstić information content (AvgIpc) is 2.70. The molecule has 0 spiro atoms. The van der Waals surface area contributed by atoms with Crippen molar-refractivity contribution in [2.24, 2.45) is 0 Å². The first-order valence-corrected chi connectivity index (χ1v) is 8.16. The van der Waals surface area contributed by atoms with Crippen LogP contribution in [0.15, 0.2) is 30.2 Å². The molecule has 2 aromatic rings. The molecule has 1 aromatic carbocycles. The van der Waals surface area contributed by atoms with Crippen molar-refractivity contribution in [2.45, 2.75) is 0 Å². The van der Waals surface area contributed by atoms with Crippen molar-refractivity contribution in [3.63, 3.8) is 0 Å². The Labute approximate surface area is 138 Å². The van der Waals surface area contributed by atoms with Gasteiger partial charge in [-0.2, -0.15) is 0 Å². The molecule has 0 amide bonds. The van der Waals surface area contributed by atoms with Crippen molar-refractivity contribution in [3.05, 3.63) is 47.2 Å². The third-order valence-electron chi connectivity index (χ3n) is 2.39. The van der Waals surface area contributed by atoms with Gasteiger partial charge in [0.25, 0.3) is 0 Å². The molecule has 0 unspecified atom stereocenters. The highest BCUT2D eigenvalue weighted by molar-refractivity contribution is 9.12. The molecule has 0 atom stereocenters. The van der Waals surface area contributed by atoms with E-state index in [4.69, 9.17) is 4.74 Å². The number of ketones is 1. The van der Waals surface area contributed by atoms with E-state index in [2.05, 4.69) is 47.8 Å². The fraction of sp³-hybridized carbons (Fsp3) is 0.0833. The molecule has 7 heteroatoms. The van der Waals surface area contributed by atoms with Gasteiger partial charge in [0, 0.05) is 11.6 Å². The summed E-state index contributed by atoms with van der Waals surface area (Å²) in [5, 5.41) is 0. The van der Waals surface area contributed by atoms with E-state index >= 15 is 0 Å². The molecule has 2 rings (SSSR count). The number of carbonyl (C=O) groups excluding carboxylic acids is 1. The van der Waals surface area contributed by atoms with Crippen LogP contribution in [0.3, 0.4) is 0 Å². The summed E-state index contributed by atoms with van der Waals surface area (Å²) in [7, 11) is 1.40. The van der Waals surface area contributed by atoms with Gasteiger partial charge in [-0.3, -0.25) is 4.79 Å². The Balaban J connectivity index is 2.55. The highest BCUT2D eigenvalue weighted by Crippen LogP contribution is 2.35. The summed E-state index contributed by atoms with van der Waals surface area (Å²) in [6, 6.07) is 4.33. The standard InChI is InChI=1S/C12H6Br3FO2S/c1-18-9-4-8(16)7(13)2-5(9)11(17)6-3-10(14)19-12(6)15/h2-4H,1H3. The normalized spacial score (nSPS) is 10.6. The van der Waals surface area contributed by atoms with Gasteiger partial charge in [0.05, 0.1) is 24.7 Å². The molecule has 0 N–H and O–H groups in total. The van der Waals surface area contributed by atoms with E-state index in [1.807, 2.05) is 0 Å². The van der Waals surface area contributed by atoms with Crippen LogP contribution in [0, 0.1) is 5.82 Å². The molecule has 19 heavy (non-hydrogen) atoms. The van der Waals surface area contributed by atoms with Gasteiger partial charge in [-0.05, 0) is 59.9 Å². The molecular formula is C12H6Br3FO2S. The van der Waals surface area contributed by atoms with Crippen LogP contribution in [-0.4, -0.2) is 12.9 Å². The van der Waals surface area contributed by atoms with E-state index in [9.17, 15) is 9.18 Å². The summed E-state index contributed by atoms with van der Waals surface area (Å²) in [4.78, 5) is 12.5. The Morgan fingerprint density at radius 2 is 1.89 bits per heavy atom. The molecule has 100 valence electrons. The quantitative estimate of drug-likeness (QED) is 0.558. The molecule has 0 bridgehead atoms. The van der Waals surface area contributed by atoms with Crippen LogP contribution in [0.5, 0.6) is 5.75 Å². The van der Waals surface area contributed by atoms with Gasteiger partial charge in [0.2, 0.25) is 0 Å². The first-order valence-electron chi connectivity index (χ1n) is 4.96. The number of ether oxygens (including phenoxy) is 1. The second kappa shape index (κ2) is 6.03. The number of rotatable bonds is 3. The molecule has 0 aliphatic carbocycles. The van der Waals surface area contributed by atoms with Crippen LogP contribution < -0.4 is 4.74 Å². The van der Waals surface area contributed by atoms with Crippen molar-refractivity contribution in [3.8, 4) is 5.75 Å². The van der Waals surface area contributed by atoms with Gasteiger partial charge in [-0.25, -0.2) is 4.39 Å². The van der Waals surface area contributed by atoms with E-state index in [0.29, 0.717) is 14.9 Å². The average molecular weight is 473 g/mol. The number of methoxy groups -OCH3 is 1. The summed E-state index contributed by atoms with van der Waals surface area (Å²) in [6.45, 7) is 0. The van der Waals surface area contributed by atoms with E-state index in [1.165, 1.54) is 30.6 Å². The lowest BCUT2D eigenvalue weighted by Gasteiger charge is -2.08. The van der Waals surface area contributed by atoms with E-state index in [0.717, 1.165) is 3.79 Å². The Kier molecular flexibility index (Phi) is 4.81. The Morgan fingerprint density at radius 3 is 2.42 bits per heavy atom. The minimum atomic E-state index is -0.473. The predicted molar refractivity (Wildman–Crippen MR) is 83.8 cm³/mol. The maximum absolute atomic E-state index is 13.4. The molecule has 0 saturated carbocycles. The summed E-state index contributed by atoms with van der Waals surface area (Å²) in [5.41, 5.74) is 0.815. The molecule has 2 nitrogen and oxygen atoms in total. The van der Waals surface area contributed by atoms with Crippen LogP contribution in [0.2, 0.25) is 0 Å². The molecule has 0 fully saturated rings. The Hall–Kier alpha value is -0.240. The fourth-order valence-electron chi connectivity index (χ4n) is 1.52. The van der Waals surface area contributed by atoms with Crippen molar-refractivity contribution in [1.82, 2.24) is 0 Å². The van der Waals surface area contributed by atoms with Gasteiger partial charge in [-0.1, -0.05) is 0 Å². The molecular weight excluding hydrogens is 467 g/mol. The number of hydrogen-bond acceptors (Lipinski definition) is 3. The second-order valence-corrected chi connectivity index (χ2v) is 8.14. The van der Waals surface area contributed by atoms with Crippen LogP contribution >= 0.6 is 59.1 Å². The van der Waals surface area contributed by atoms with Gasteiger partial charge in [0.15, 0.2) is 5.78 Å². The summed E-state index contributed by atoms with van der Waals surface area (Å²) >= 11 is 11.1. The second-order valence-electron chi connectivity index (χ2n) is 3.53. The van der Waals surface area contributed by atoms with Crippen LogP contribution in [0.4, 0.5) is 4.39 Å². The summed E-state index contributed by atoms with van der Waals surface area (Å²) < 4.78 is 20.3. The largest absolute Gasteiger partial charge is 0.496 e. The number of benzene rings is 1. The third kappa shape index (κ3) is 3.09. The minimum absolute atomic E-state index is 0.208. The summed E-state index contributed by atoms with van der Waals surface area (Å²) in [5.74, 6) is -0.495. The number of hydrogen-bond donors (Lipinski definition) is 0. The first kappa shape index (κ1) is 15.2. The van der Waals surface area contributed by atoms with Crippen molar-refractivity contribution < 1.29 is 13.9 Å². The summed E-state index contributed by atoms with van der Waals surface area (Å²) in [6.07, 6.45) is 0. The molecule has 0 aliphatic heterocycles. The Morgan fingerprint density at radius 1 is 1.21 bits per heavy atom. The third-order valence-corrected chi connectivity index (χ3v) is 5.34. The van der Waals surface area contributed by atoms with Gasteiger partial charge < -0.3 is 4.74 Å². The van der Waals surface area contributed by atoms with Gasteiger partial charge in [-0.15, -0.1) is 11.3 Å². The fourth-order valence-corrected chi connectivity index (χ4v) is 4.65. The highest BCUT2D eigenvalue weighted by Gasteiger charge is 2.21. The maximum atomic E-state index is 13.4. The van der Waals surface area contributed by atoms with Crippen LogP contribution in [0.25, 0.3) is 0 Å². The monoisotopic (exact) mass is 470 g/mol. The lowest BCUT2D eigenvalue weighted by atomic mass is 10.1. The smallest absolute Gasteiger partial charge is 0.198 e. The molecule has 0 saturated heterocycles. The van der Waals surface area contributed by atoms with E-state index in [1.54, 1.807) is 6.07 Å². The van der Waals surface area contributed by atoms with Crippen molar-refractivity contribution in [1.29, 1.82) is 0 Å². The lowest BCUT2D eigenvalue weighted by Crippen LogP contribution is -2.04. The molecule has 0 radical (unpaired) electrons. The van der Waals surface area contributed by atoms with Gasteiger partial charge >= 0.3 is 0 Å². The van der Waals surface area contributed by atoms with Crippen LogP contribution in [0.1, 0.15) is 15.9 Å². The van der Waals surface area contributed by atoms with Crippen molar-refractivity contribution in [2.75, 3.05) is 7.11 Å². The number of halogens is 4. The molecule has 0 aliphatic rings. The number of thiophene rings is 1. The van der Waals surface area contributed by atoms with Crippen molar-refractivity contribution >= 4 is 64.9 Å². The topological polar surface area (TPSA) is 26.3 Å². The minimum Gasteiger partial charge on any atom is -0.496 e. The maximum Gasteiger partial charge on any atom is 0.198 e. The number of carbonyl (C=O) groups is 1. The molecule has 1 aromatic heterocycles. The first-order chi connectivity index (χ1) is 8.93. The lowest BCUT2D eigenvalue weighted by molar-refractivity contribution is 0.103. The highest BCUT2D eigenvalue weighted by atomic mass is 79.9. The molecule has 1 heterocycles. The van der Waals surface area contributed by atoms with E-state index in [-0.39, 0.29) is 16.0 Å². The van der Waals surface area contributed by atoms with Gasteiger partial charge in [0.1, 0.15) is 11.6 Å². The SMILES string of the molecule is COc1cc(F)c(Br)cc1C(=O)c1cc(Br)sc1Br. The Bertz CT molecular complexity index is 655. The van der Waals surface area contributed by atoms with E-state index < -0.39 is 5.82 Å². The van der Waals surface area contributed by atoms with Crippen LogP contribution in [-0.2, 0) is 0 Å². The zero-order chi connectivity index (χ0) is 14.2. The zero-order valence-corrected chi connectivity index (χ0v) is 15.0. The zero-order valence-electron chi connectivity index (χ0n) is 9.47. The predicted octanol–water partition coefficient (Wildman–Crippen LogP) is 5.41.